The van der Waals surface area contributed by atoms with Gasteiger partial charge in [-0.05, 0) is 6.08 Å². The molecule has 0 aromatic rings. The normalized spacial score (nSPS) is 27.2. The largest absolute Gasteiger partial charge is 0.481 e. The molecule has 0 bridgehead atoms. The molecule has 1 atom stereocenters. The first-order valence-corrected chi connectivity index (χ1v) is 5.76. The number of morpholine rings is 1. The van der Waals surface area contributed by atoms with Crippen molar-refractivity contribution in [2.75, 3.05) is 33.4 Å². The first-order chi connectivity index (χ1) is 8.38. The number of hydrazone groups is 1. The minimum absolute atomic E-state index is 0.0491. The summed E-state index contributed by atoms with van der Waals surface area (Å²) in [6.07, 6.45) is 5.78. The number of allylic oxidation sites excluding steroid dienone is 1. The quantitative estimate of drug-likeness (QED) is 0.724. The predicted molar refractivity (Wildman–Crippen MR) is 62.8 cm³/mol. The van der Waals surface area contributed by atoms with Crippen molar-refractivity contribution in [3.8, 4) is 0 Å². The lowest BCUT2D eigenvalue weighted by molar-refractivity contribution is 0.0452. The van der Waals surface area contributed by atoms with Gasteiger partial charge in [0.15, 0.2) is 6.17 Å². The minimum atomic E-state index is 0.0491. The lowest BCUT2D eigenvalue weighted by Gasteiger charge is -2.36. The maximum absolute atomic E-state index is 5.37. The van der Waals surface area contributed by atoms with Crippen molar-refractivity contribution in [2.24, 2.45) is 5.10 Å². The van der Waals surface area contributed by atoms with Gasteiger partial charge in [-0.25, -0.2) is 5.01 Å². The first-order valence-electron chi connectivity index (χ1n) is 5.76. The van der Waals surface area contributed by atoms with Crippen LogP contribution in [0.2, 0.25) is 0 Å². The Labute approximate surface area is 100 Å². The van der Waals surface area contributed by atoms with E-state index in [1.807, 2.05) is 23.5 Å². The lowest BCUT2D eigenvalue weighted by Crippen LogP contribution is -2.47. The zero-order valence-electron chi connectivity index (χ0n) is 9.80. The third-order valence-corrected chi connectivity index (χ3v) is 3.11. The molecule has 1 N–H and O–H groups in total. The molecule has 1 unspecified atom stereocenters. The third kappa shape index (κ3) is 1.84. The van der Waals surface area contributed by atoms with Gasteiger partial charge in [-0.15, -0.1) is 0 Å². The molecular weight excluding hydrogens is 220 g/mol. The molecule has 1 fully saturated rings. The molecule has 0 spiro atoms. The van der Waals surface area contributed by atoms with Crippen LogP contribution < -0.4 is 5.32 Å². The molecule has 6 heteroatoms. The summed E-state index contributed by atoms with van der Waals surface area (Å²) >= 11 is 0. The zero-order valence-corrected chi connectivity index (χ0v) is 9.80. The second-order valence-electron chi connectivity index (χ2n) is 4.08. The first kappa shape index (κ1) is 10.5. The highest BCUT2D eigenvalue weighted by atomic mass is 16.5. The van der Waals surface area contributed by atoms with E-state index in [0.717, 1.165) is 32.2 Å². The van der Waals surface area contributed by atoms with Crippen LogP contribution in [0.5, 0.6) is 0 Å². The highest BCUT2D eigenvalue weighted by molar-refractivity contribution is 5.73. The zero-order chi connectivity index (χ0) is 11.7. The van der Waals surface area contributed by atoms with E-state index in [-0.39, 0.29) is 6.17 Å². The van der Waals surface area contributed by atoms with Gasteiger partial charge >= 0.3 is 0 Å². The van der Waals surface area contributed by atoms with E-state index >= 15 is 0 Å². The van der Waals surface area contributed by atoms with Crippen molar-refractivity contribution < 1.29 is 9.47 Å². The van der Waals surface area contributed by atoms with E-state index in [1.54, 1.807) is 7.11 Å². The van der Waals surface area contributed by atoms with Crippen molar-refractivity contribution in [1.82, 2.24) is 15.2 Å². The second kappa shape index (κ2) is 4.29. The fourth-order valence-corrected chi connectivity index (χ4v) is 2.23. The molecule has 0 radical (unpaired) electrons. The lowest BCUT2D eigenvalue weighted by atomic mass is 10.2. The number of nitrogens with one attached hydrogen (secondary N) is 1. The summed E-state index contributed by atoms with van der Waals surface area (Å²) in [4.78, 5) is 2.33. The number of fused-ring (bicyclic) bond motifs is 1. The van der Waals surface area contributed by atoms with Gasteiger partial charge in [0, 0.05) is 19.3 Å². The van der Waals surface area contributed by atoms with Gasteiger partial charge in [0.1, 0.15) is 0 Å². The van der Waals surface area contributed by atoms with Crippen LogP contribution in [0.3, 0.4) is 0 Å². The number of hydrogen-bond acceptors (Lipinski definition) is 6. The standard InChI is InChI=1S/C11H16N4O2/c1-16-10-8-15-11(13-10)9(2-3-12-15)14-4-6-17-7-5-14/h2-3,8,11,13H,4-7H2,1H3. The van der Waals surface area contributed by atoms with E-state index < -0.39 is 0 Å². The van der Waals surface area contributed by atoms with Gasteiger partial charge in [0.25, 0.3) is 0 Å². The number of rotatable bonds is 2. The van der Waals surface area contributed by atoms with E-state index in [4.69, 9.17) is 9.47 Å². The summed E-state index contributed by atoms with van der Waals surface area (Å²) < 4.78 is 10.6. The fourth-order valence-electron chi connectivity index (χ4n) is 2.23. The highest BCUT2D eigenvalue weighted by Crippen LogP contribution is 2.23. The molecule has 3 aliphatic heterocycles. The minimum Gasteiger partial charge on any atom is -0.481 e. The van der Waals surface area contributed by atoms with E-state index in [9.17, 15) is 0 Å². The van der Waals surface area contributed by atoms with Crippen LogP contribution in [0.4, 0.5) is 0 Å². The summed E-state index contributed by atoms with van der Waals surface area (Å²) in [5, 5.41) is 9.46. The topological polar surface area (TPSA) is 49.3 Å². The molecule has 3 rings (SSSR count). The molecule has 0 aromatic carbocycles. The van der Waals surface area contributed by atoms with Crippen molar-refractivity contribution in [2.45, 2.75) is 6.17 Å². The van der Waals surface area contributed by atoms with Gasteiger partial charge in [0.05, 0.1) is 32.2 Å². The van der Waals surface area contributed by atoms with Crippen molar-refractivity contribution in [3.05, 3.63) is 23.9 Å². The summed E-state index contributed by atoms with van der Waals surface area (Å²) in [7, 11) is 1.65. The summed E-state index contributed by atoms with van der Waals surface area (Å²) in [5.41, 5.74) is 1.21. The molecule has 92 valence electrons. The Morgan fingerprint density at radius 1 is 1.47 bits per heavy atom. The summed E-state index contributed by atoms with van der Waals surface area (Å²) in [6, 6.07) is 0. The molecular formula is C11H16N4O2. The molecule has 1 saturated heterocycles. The van der Waals surface area contributed by atoms with Crippen molar-refractivity contribution >= 4 is 6.21 Å². The summed E-state index contributed by atoms with van der Waals surface area (Å²) in [5.74, 6) is 0.744. The second-order valence-corrected chi connectivity index (χ2v) is 4.08. The Balaban J connectivity index is 1.77. The molecule has 3 heterocycles. The molecule has 0 amide bonds. The Bertz CT molecular complexity index is 385. The van der Waals surface area contributed by atoms with Crippen LogP contribution in [-0.4, -0.2) is 55.7 Å². The fraction of sp³-hybridized carbons (Fsp3) is 0.545. The average molecular weight is 236 g/mol. The monoisotopic (exact) mass is 236 g/mol. The number of nitrogens with zero attached hydrogens (tertiary/aromatic N) is 3. The van der Waals surface area contributed by atoms with Crippen molar-refractivity contribution in [1.29, 1.82) is 0 Å². The smallest absolute Gasteiger partial charge is 0.207 e. The Morgan fingerprint density at radius 2 is 2.29 bits per heavy atom. The Hall–Kier alpha value is -1.69. The average Bonchev–Trinajstić information content (AvgIpc) is 2.82. The van der Waals surface area contributed by atoms with Gasteiger partial charge in [-0.1, -0.05) is 0 Å². The number of ether oxygens (including phenoxy) is 2. The van der Waals surface area contributed by atoms with Gasteiger partial charge in [-0.3, -0.25) is 0 Å². The van der Waals surface area contributed by atoms with Crippen LogP contribution in [0.1, 0.15) is 0 Å². The van der Waals surface area contributed by atoms with E-state index in [2.05, 4.69) is 15.3 Å². The van der Waals surface area contributed by atoms with Crippen molar-refractivity contribution in [3.63, 3.8) is 0 Å². The Kier molecular flexibility index (Phi) is 2.64. The van der Waals surface area contributed by atoms with E-state index in [1.165, 1.54) is 5.70 Å². The maximum atomic E-state index is 5.37. The van der Waals surface area contributed by atoms with Crippen LogP contribution in [-0.2, 0) is 9.47 Å². The summed E-state index contributed by atoms with van der Waals surface area (Å²) in [6.45, 7) is 3.42. The maximum Gasteiger partial charge on any atom is 0.207 e. The highest BCUT2D eigenvalue weighted by Gasteiger charge is 2.32. The van der Waals surface area contributed by atoms with Gasteiger partial charge in [0.2, 0.25) is 5.88 Å². The molecule has 0 aliphatic carbocycles. The van der Waals surface area contributed by atoms with Crippen LogP contribution >= 0.6 is 0 Å². The van der Waals surface area contributed by atoms with Gasteiger partial charge < -0.3 is 19.7 Å². The number of hydrogen-bond donors (Lipinski definition) is 1. The Morgan fingerprint density at radius 3 is 3.06 bits per heavy atom. The third-order valence-electron chi connectivity index (χ3n) is 3.11. The van der Waals surface area contributed by atoms with Crippen LogP contribution in [0.15, 0.2) is 29.0 Å². The molecule has 6 nitrogen and oxygen atoms in total. The van der Waals surface area contributed by atoms with Crippen LogP contribution in [0.25, 0.3) is 0 Å². The van der Waals surface area contributed by atoms with Gasteiger partial charge in [-0.2, -0.15) is 5.10 Å². The molecule has 0 aromatic heterocycles. The molecule has 0 saturated carbocycles. The number of methoxy groups -OCH3 is 1. The predicted octanol–water partition coefficient (Wildman–Crippen LogP) is -0.121. The molecule has 17 heavy (non-hydrogen) atoms. The van der Waals surface area contributed by atoms with E-state index in [0.29, 0.717) is 0 Å². The molecule has 3 aliphatic rings. The van der Waals surface area contributed by atoms with Crippen LogP contribution in [0, 0.1) is 0 Å². The SMILES string of the molecule is COC1=CN2N=CC=C(N3CCOCC3)C2N1.